The largest absolute Gasteiger partial charge is 0.303 e. The minimum Gasteiger partial charge on any atom is -0.303 e. The Balaban J connectivity index is 1.78. The van der Waals surface area contributed by atoms with Crippen molar-refractivity contribution < 1.29 is 4.79 Å². The molecule has 1 nitrogen and oxygen atoms in total. The minimum atomic E-state index is 0.275. The van der Waals surface area contributed by atoms with Crippen molar-refractivity contribution >= 4 is 6.29 Å². The quantitative estimate of drug-likeness (QED) is 0.586. The molecule has 0 saturated heterocycles. The first-order valence-electron chi connectivity index (χ1n) is 9.79. The van der Waals surface area contributed by atoms with Crippen LogP contribution in [0.2, 0.25) is 0 Å². The fourth-order valence-electron chi connectivity index (χ4n) is 8.28. The van der Waals surface area contributed by atoms with Gasteiger partial charge < -0.3 is 4.79 Å². The summed E-state index contributed by atoms with van der Waals surface area (Å²) in [5, 5.41) is 0. The van der Waals surface area contributed by atoms with Gasteiger partial charge in [0.1, 0.15) is 6.29 Å². The molecule has 7 atom stereocenters. The van der Waals surface area contributed by atoms with Crippen LogP contribution in [-0.2, 0) is 4.79 Å². The van der Waals surface area contributed by atoms with Gasteiger partial charge in [0.25, 0.3) is 0 Å². The Kier molecular flexibility index (Phi) is 3.18. The third kappa shape index (κ3) is 1.75. The molecule has 0 N–H and O–H groups in total. The van der Waals surface area contributed by atoms with E-state index in [0.29, 0.717) is 16.7 Å². The summed E-state index contributed by atoms with van der Waals surface area (Å²) < 4.78 is 0. The lowest BCUT2D eigenvalue weighted by Crippen LogP contribution is -2.59. The van der Waals surface area contributed by atoms with E-state index < -0.39 is 0 Å². The van der Waals surface area contributed by atoms with E-state index >= 15 is 0 Å². The molecule has 0 heterocycles. The Morgan fingerprint density at radius 1 is 0.909 bits per heavy atom. The highest BCUT2D eigenvalue weighted by atomic mass is 16.1. The van der Waals surface area contributed by atoms with E-state index in [2.05, 4.69) is 27.7 Å². The van der Waals surface area contributed by atoms with Crippen molar-refractivity contribution in [1.82, 2.24) is 0 Å². The van der Waals surface area contributed by atoms with Crippen molar-refractivity contribution in [2.24, 2.45) is 45.8 Å². The molecule has 0 aromatic heterocycles. The van der Waals surface area contributed by atoms with Crippen molar-refractivity contribution in [3.63, 3.8) is 0 Å². The summed E-state index contributed by atoms with van der Waals surface area (Å²) >= 11 is 0. The second kappa shape index (κ2) is 4.61. The van der Waals surface area contributed by atoms with Gasteiger partial charge in [0, 0.05) is 5.92 Å². The molecule has 4 aliphatic carbocycles. The Morgan fingerprint density at radius 2 is 1.68 bits per heavy atom. The predicted octanol–water partition coefficient (Wildman–Crippen LogP) is 5.48. The van der Waals surface area contributed by atoms with E-state index in [-0.39, 0.29) is 5.41 Å². The second-order valence-corrected chi connectivity index (χ2v) is 10.4. The number of aldehydes is 1. The molecule has 4 fully saturated rings. The average Bonchev–Trinajstić information content (AvgIpc) is 2.68. The van der Waals surface area contributed by atoms with Crippen molar-refractivity contribution in [2.75, 3.05) is 0 Å². The SMILES string of the molecule is C[C@@H]1C[C@]23CC[C@H]4C(C)(C)CCC(C=O)[C@]4(C)[C@@H]2CC[C@H]1C3. The fourth-order valence-corrected chi connectivity index (χ4v) is 8.28. The van der Waals surface area contributed by atoms with Gasteiger partial charge in [-0.05, 0) is 91.3 Å². The zero-order valence-electron chi connectivity index (χ0n) is 15.0. The van der Waals surface area contributed by atoms with E-state index in [1.54, 1.807) is 0 Å². The minimum absolute atomic E-state index is 0.275. The van der Waals surface area contributed by atoms with Gasteiger partial charge in [-0.2, -0.15) is 0 Å². The highest BCUT2D eigenvalue weighted by molar-refractivity contribution is 5.56. The molecule has 0 radical (unpaired) electrons. The molecule has 2 bridgehead atoms. The first kappa shape index (κ1) is 15.2. The lowest BCUT2D eigenvalue weighted by Gasteiger charge is -2.65. The van der Waals surface area contributed by atoms with Crippen LogP contribution in [0.1, 0.15) is 79.1 Å². The van der Waals surface area contributed by atoms with Crippen LogP contribution < -0.4 is 0 Å². The molecule has 1 unspecified atom stereocenters. The number of carbonyl (C=O) groups excluding carboxylic acids is 1. The monoisotopic (exact) mass is 302 g/mol. The molecule has 4 saturated carbocycles. The van der Waals surface area contributed by atoms with Gasteiger partial charge in [-0.15, -0.1) is 0 Å². The Labute approximate surface area is 136 Å². The molecule has 0 aliphatic heterocycles. The molecule has 4 aliphatic rings. The van der Waals surface area contributed by atoms with Crippen LogP contribution in [0, 0.1) is 45.8 Å². The maximum atomic E-state index is 12.0. The highest BCUT2D eigenvalue weighted by Gasteiger charge is 2.65. The molecule has 124 valence electrons. The summed E-state index contributed by atoms with van der Waals surface area (Å²) in [6.07, 6.45) is 12.3. The van der Waals surface area contributed by atoms with E-state index in [9.17, 15) is 4.79 Å². The average molecular weight is 303 g/mol. The van der Waals surface area contributed by atoms with Crippen molar-refractivity contribution in [3.05, 3.63) is 0 Å². The van der Waals surface area contributed by atoms with Crippen LogP contribution >= 0.6 is 0 Å². The lowest BCUT2D eigenvalue weighted by molar-refractivity contribution is -0.175. The number of hydrogen-bond acceptors (Lipinski definition) is 1. The molecule has 1 spiro atoms. The Morgan fingerprint density at radius 3 is 2.41 bits per heavy atom. The number of carbonyl (C=O) groups is 1. The van der Waals surface area contributed by atoms with Gasteiger partial charge in [-0.3, -0.25) is 0 Å². The molecule has 0 aromatic carbocycles. The summed E-state index contributed by atoms with van der Waals surface area (Å²) in [5.74, 6) is 3.81. The molecule has 1 heteroatoms. The topological polar surface area (TPSA) is 17.1 Å². The van der Waals surface area contributed by atoms with Gasteiger partial charge >= 0.3 is 0 Å². The third-order valence-corrected chi connectivity index (χ3v) is 9.21. The van der Waals surface area contributed by atoms with E-state index in [1.165, 1.54) is 51.2 Å². The lowest BCUT2D eigenvalue weighted by atomic mass is 9.39. The first-order chi connectivity index (χ1) is 10.3. The van der Waals surface area contributed by atoms with Crippen LogP contribution in [-0.4, -0.2) is 6.29 Å². The smallest absolute Gasteiger partial charge is 0.123 e. The van der Waals surface area contributed by atoms with E-state index in [4.69, 9.17) is 0 Å². The summed E-state index contributed by atoms with van der Waals surface area (Å²) in [6.45, 7) is 10.0. The van der Waals surface area contributed by atoms with Crippen LogP contribution in [0.15, 0.2) is 0 Å². The van der Waals surface area contributed by atoms with Crippen LogP contribution in [0.5, 0.6) is 0 Å². The summed E-state index contributed by atoms with van der Waals surface area (Å²) in [6, 6.07) is 0. The summed E-state index contributed by atoms with van der Waals surface area (Å²) in [5.41, 5.74) is 1.30. The number of fused-ring (bicyclic) bond motifs is 3. The standard InChI is InChI=1S/C21H34O/c1-14-11-21-10-8-17-19(2,3)9-7-16(13-22)20(17,4)18(21)6-5-15(14)12-21/h13-18H,5-12H2,1-4H3/t14-,15+,16?,17+,18+,20+,21+/m1/s1. The van der Waals surface area contributed by atoms with Crippen molar-refractivity contribution in [2.45, 2.75) is 79.1 Å². The summed E-state index contributed by atoms with van der Waals surface area (Å²) in [4.78, 5) is 12.0. The zero-order valence-corrected chi connectivity index (χ0v) is 15.0. The van der Waals surface area contributed by atoms with Gasteiger partial charge in [0.2, 0.25) is 0 Å². The van der Waals surface area contributed by atoms with Crippen molar-refractivity contribution in [1.29, 1.82) is 0 Å². The first-order valence-corrected chi connectivity index (χ1v) is 9.79. The third-order valence-electron chi connectivity index (χ3n) is 9.21. The van der Waals surface area contributed by atoms with E-state index in [0.717, 1.165) is 30.1 Å². The molecular formula is C21H34O. The highest BCUT2D eigenvalue weighted by Crippen LogP contribution is 2.73. The second-order valence-electron chi connectivity index (χ2n) is 10.4. The molecule has 4 rings (SSSR count). The number of hydrogen-bond donors (Lipinski definition) is 0. The van der Waals surface area contributed by atoms with Gasteiger partial charge in [-0.1, -0.05) is 27.7 Å². The van der Waals surface area contributed by atoms with Crippen molar-refractivity contribution in [3.8, 4) is 0 Å². The predicted molar refractivity (Wildman–Crippen MR) is 90.4 cm³/mol. The fraction of sp³-hybridized carbons (Fsp3) is 0.952. The van der Waals surface area contributed by atoms with Crippen LogP contribution in [0.3, 0.4) is 0 Å². The molecule has 0 amide bonds. The number of rotatable bonds is 1. The maximum Gasteiger partial charge on any atom is 0.123 e. The molecular weight excluding hydrogens is 268 g/mol. The molecule has 22 heavy (non-hydrogen) atoms. The summed E-state index contributed by atoms with van der Waals surface area (Å²) in [7, 11) is 0. The van der Waals surface area contributed by atoms with Gasteiger partial charge in [-0.25, -0.2) is 0 Å². The normalized spacial score (nSPS) is 56.1. The van der Waals surface area contributed by atoms with Crippen LogP contribution in [0.25, 0.3) is 0 Å². The van der Waals surface area contributed by atoms with Crippen LogP contribution in [0.4, 0.5) is 0 Å². The molecule has 0 aromatic rings. The van der Waals surface area contributed by atoms with E-state index in [1.807, 2.05) is 0 Å². The zero-order chi connectivity index (χ0) is 15.8. The van der Waals surface area contributed by atoms with Gasteiger partial charge in [0.15, 0.2) is 0 Å². The van der Waals surface area contributed by atoms with Gasteiger partial charge in [0.05, 0.1) is 0 Å². The maximum absolute atomic E-state index is 12.0. The Hall–Kier alpha value is -0.330. The Bertz CT molecular complexity index is 476.